The second-order valence-corrected chi connectivity index (χ2v) is 13.3. The third-order valence-electron chi connectivity index (χ3n) is 9.95. The number of likely N-dealkylation sites (tertiary alicyclic amines) is 1. The molecule has 3 amide bonds. The van der Waals surface area contributed by atoms with Crippen LogP contribution in [0.3, 0.4) is 0 Å². The Morgan fingerprint density at radius 2 is 1.98 bits per heavy atom. The zero-order valence-corrected chi connectivity index (χ0v) is 24.8. The van der Waals surface area contributed by atoms with Gasteiger partial charge in [0.2, 0.25) is 0 Å². The molecule has 0 spiro atoms. The zero-order valence-electron chi connectivity index (χ0n) is 23.9. The molecular formula is C31H33N7O4S. The predicted molar refractivity (Wildman–Crippen MR) is 158 cm³/mol. The minimum Gasteiger partial charge on any atom is -0.381 e. The van der Waals surface area contributed by atoms with E-state index in [1.54, 1.807) is 27.4 Å². The third-order valence-corrected chi connectivity index (χ3v) is 10.8. The molecule has 2 saturated carbocycles. The van der Waals surface area contributed by atoms with E-state index >= 15 is 0 Å². The summed E-state index contributed by atoms with van der Waals surface area (Å²) < 4.78 is 8.52. The standard InChI is InChI=1S/C31H33N7O4S/c1-2-36-29-25(24(16-3-4-16)26(30(36)40)34-28(39)17-5-6-23-21(12-17)33-15-43-23)27(35-38(29)19-7-9-42-10-8-19)31(41)37-20(14-32)11-18-13-22(18)37/h5-6,12,15-16,18-20,22,24,26H,2-4,7-11,13H2,1H3,(H,34,39)/t18-,20-,22+,24-,26-/m0/s1. The van der Waals surface area contributed by atoms with Crippen molar-refractivity contribution in [2.75, 3.05) is 24.7 Å². The minimum atomic E-state index is -0.837. The molecule has 8 rings (SSSR count). The molecule has 0 bridgehead atoms. The molecule has 12 heteroatoms. The van der Waals surface area contributed by atoms with E-state index in [0.717, 1.165) is 47.9 Å². The van der Waals surface area contributed by atoms with Crippen molar-refractivity contribution < 1.29 is 19.1 Å². The van der Waals surface area contributed by atoms with Crippen LogP contribution in [0.5, 0.6) is 0 Å². The molecule has 1 N–H and O–H groups in total. The number of nitriles is 1. The van der Waals surface area contributed by atoms with Gasteiger partial charge in [-0.1, -0.05) is 0 Å². The van der Waals surface area contributed by atoms with Gasteiger partial charge in [0.25, 0.3) is 17.7 Å². The Balaban J connectivity index is 1.24. The molecule has 4 fully saturated rings. The molecule has 43 heavy (non-hydrogen) atoms. The number of hydrogen-bond acceptors (Lipinski definition) is 8. The first-order valence-electron chi connectivity index (χ1n) is 15.4. The fraction of sp³-hybridized carbons (Fsp3) is 0.548. The molecule has 2 saturated heterocycles. The van der Waals surface area contributed by atoms with Gasteiger partial charge in [-0.2, -0.15) is 10.4 Å². The van der Waals surface area contributed by atoms with E-state index in [4.69, 9.17) is 9.84 Å². The fourth-order valence-electron chi connectivity index (χ4n) is 7.58. The first-order valence-corrected chi connectivity index (χ1v) is 16.2. The number of nitrogens with zero attached hydrogens (tertiary/aromatic N) is 6. The summed E-state index contributed by atoms with van der Waals surface area (Å²) in [6, 6.07) is 6.49. The second kappa shape index (κ2) is 10.1. The van der Waals surface area contributed by atoms with Crippen LogP contribution < -0.4 is 10.2 Å². The number of carbonyl (C=O) groups is 3. The first-order chi connectivity index (χ1) is 21.0. The summed E-state index contributed by atoms with van der Waals surface area (Å²) in [6.07, 6.45) is 4.90. The summed E-state index contributed by atoms with van der Waals surface area (Å²) >= 11 is 1.51. The van der Waals surface area contributed by atoms with Crippen LogP contribution >= 0.6 is 11.3 Å². The van der Waals surface area contributed by atoms with Gasteiger partial charge in [0, 0.05) is 42.8 Å². The van der Waals surface area contributed by atoms with Crippen LogP contribution in [-0.4, -0.2) is 75.3 Å². The van der Waals surface area contributed by atoms with Gasteiger partial charge < -0.3 is 15.0 Å². The quantitative estimate of drug-likeness (QED) is 0.457. The first kappa shape index (κ1) is 26.8. The highest BCUT2D eigenvalue weighted by atomic mass is 32.1. The number of fused-ring (bicyclic) bond motifs is 3. The van der Waals surface area contributed by atoms with E-state index in [0.29, 0.717) is 49.2 Å². The van der Waals surface area contributed by atoms with Gasteiger partial charge >= 0.3 is 0 Å². The number of thiazole rings is 1. The number of aromatic nitrogens is 3. The number of likely N-dealkylation sites (N-methyl/N-ethyl adjacent to an activating group) is 1. The largest absolute Gasteiger partial charge is 0.381 e. The Bertz CT molecular complexity index is 1680. The number of nitrogens with one attached hydrogen (secondary N) is 1. The smallest absolute Gasteiger partial charge is 0.276 e. The number of benzene rings is 1. The highest BCUT2D eigenvalue weighted by Crippen LogP contribution is 2.53. The summed E-state index contributed by atoms with van der Waals surface area (Å²) in [5.74, 6) is 0.0576. The average Bonchev–Trinajstić information content (AvgIpc) is 3.88. The maximum absolute atomic E-state index is 14.4. The van der Waals surface area contributed by atoms with Crippen molar-refractivity contribution in [1.82, 2.24) is 25.0 Å². The number of rotatable bonds is 6. The number of ether oxygens (including phenoxy) is 1. The maximum Gasteiger partial charge on any atom is 0.276 e. The molecule has 2 aromatic heterocycles. The summed E-state index contributed by atoms with van der Waals surface area (Å²) in [7, 11) is 0. The van der Waals surface area contributed by atoms with E-state index < -0.39 is 12.1 Å². The van der Waals surface area contributed by atoms with Crippen LogP contribution in [0.4, 0.5) is 5.82 Å². The minimum absolute atomic E-state index is 0.0132. The molecule has 5 aliphatic rings. The lowest BCUT2D eigenvalue weighted by Crippen LogP contribution is -2.56. The van der Waals surface area contributed by atoms with Crippen molar-refractivity contribution in [3.63, 3.8) is 0 Å². The molecule has 5 atom stereocenters. The molecular weight excluding hydrogens is 566 g/mol. The normalized spacial score (nSPS) is 28.5. The molecule has 0 radical (unpaired) electrons. The Kier molecular flexibility index (Phi) is 6.31. The Morgan fingerprint density at radius 1 is 1.16 bits per heavy atom. The van der Waals surface area contributed by atoms with Crippen LogP contribution in [0, 0.1) is 23.2 Å². The van der Waals surface area contributed by atoms with Crippen LogP contribution in [-0.2, 0) is 9.53 Å². The van der Waals surface area contributed by atoms with E-state index in [2.05, 4.69) is 16.4 Å². The van der Waals surface area contributed by atoms with Crippen LogP contribution in [0.15, 0.2) is 23.7 Å². The van der Waals surface area contributed by atoms with Gasteiger partial charge in [-0.05, 0) is 75.5 Å². The lowest BCUT2D eigenvalue weighted by Gasteiger charge is -2.39. The van der Waals surface area contributed by atoms with Crippen molar-refractivity contribution in [3.05, 3.63) is 40.5 Å². The van der Waals surface area contributed by atoms with Crippen molar-refractivity contribution in [2.45, 2.75) is 75.5 Å². The Labute approximate surface area is 252 Å². The lowest BCUT2D eigenvalue weighted by molar-refractivity contribution is -0.121. The number of piperidine rings is 1. The SMILES string of the molecule is CCN1C(=O)[C@@H](NC(=O)c2ccc3scnc3c2)[C@@H](C2CC2)c2c(C(=O)N3[C@H](C#N)C[C@H]4C[C@H]43)nn(C3CCOCC3)c21. The number of anilines is 1. The molecule has 1 aromatic carbocycles. The van der Waals surface area contributed by atoms with Gasteiger partial charge in [0.05, 0.1) is 27.8 Å². The second-order valence-electron chi connectivity index (χ2n) is 12.5. The maximum atomic E-state index is 14.4. The van der Waals surface area contributed by atoms with E-state index in [1.807, 2.05) is 17.7 Å². The van der Waals surface area contributed by atoms with Gasteiger partial charge in [0.15, 0.2) is 5.69 Å². The molecule has 2 aliphatic carbocycles. The number of amides is 3. The van der Waals surface area contributed by atoms with Crippen molar-refractivity contribution in [3.8, 4) is 6.07 Å². The molecule has 3 aromatic rings. The Hall–Kier alpha value is -3.82. The van der Waals surface area contributed by atoms with Crippen LogP contribution in [0.2, 0.25) is 0 Å². The van der Waals surface area contributed by atoms with E-state index in [9.17, 15) is 19.6 Å². The number of hydrogen-bond donors (Lipinski definition) is 1. The van der Waals surface area contributed by atoms with E-state index in [1.165, 1.54) is 11.3 Å². The van der Waals surface area contributed by atoms with Crippen molar-refractivity contribution >= 4 is 45.1 Å². The Morgan fingerprint density at radius 3 is 2.72 bits per heavy atom. The molecule has 11 nitrogen and oxygen atoms in total. The van der Waals surface area contributed by atoms with Gasteiger partial charge in [-0.25, -0.2) is 9.67 Å². The summed E-state index contributed by atoms with van der Waals surface area (Å²) in [5.41, 5.74) is 4.01. The summed E-state index contributed by atoms with van der Waals surface area (Å²) in [6.45, 7) is 3.46. The van der Waals surface area contributed by atoms with E-state index in [-0.39, 0.29) is 41.6 Å². The van der Waals surface area contributed by atoms with Crippen molar-refractivity contribution in [1.29, 1.82) is 5.26 Å². The van der Waals surface area contributed by atoms with Gasteiger partial charge in [-0.15, -0.1) is 11.3 Å². The molecule has 222 valence electrons. The number of carbonyl (C=O) groups excluding carboxylic acids is 3. The van der Waals surface area contributed by atoms with Crippen molar-refractivity contribution in [2.24, 2.45) is 11.8 Å². The van der Waals surface area contributed by atoms with Crippen LogP contribution in [0.25, 0.3) is 10.2 Å². The predicted octanol–water partition coefficient (Wildman–Crippen LogP) is 3.63. The topological polar surface area (TPSA) is 133 Å². The highest BCUT2D eigenvalue weighted by Gasteiger charge is 2.57. The highest BCUT2D eigenvalue weighted by molar-refractivity contribution is 7.16. The lowest BCUT2D eigenvalue weighted by atomic mass is 9.82. The molecule has 0 unspecified atom stereocenters. The van der Waals surface area contributed by atoms with Gasteiger partial charge in [0.1, 0.15) is 17.9 Å². The average molecular weight is 600 g/mol. The summed E-state index contributed by atoms with van der Waals surface area (Å²) in [4.78, 5) is 50.2. The monoisotopic (exact) mass is 599 g/mol. The fourth-order valence-corrected chi connectivity index (χ4v) is 8.24. The zero-order chi connectivity index (χ0) is 29.4. The van der Waals surface area contributed by atoms with Gasteiger partial charge in [-0.3, -0.25) is 19.3 Å². The third kappa shape index (κ3) is 4.27. The summed E-state index contributed by atoms with van der Waals surface area (Å²) in [5, 5.41) is 18.0. The molecule has 3 aliphatic heterocycles. The molecule has 5 heterocycles. The van der Waals surface area contributed by atoms with Crippen LogP contribution in [0.1, 0.15) is 83.8 Å².